The van der Waals surface area contributed by atoms with Gasteiger partial charge in [-0.2, -0.15) is 0 Å². The van der Waals surface area contributed by atoms with Gasteiger partial charge in [0.2, 0.25) is 0 Å². The number of rotatable bonds is 8. The van der Waals surface area contributed by atoms with E-state index in [9.17, 15) is 5.11 Å². The maximum atomic E-state index is 9.63. The van der Waals surface area contributed by atoms with E-state index in [2.05, 4.69) is 6.92 Å². The zero-order valence-corrected chi connectivity index (χ0v) is 15.1. The molecule has 0 bridgehead atoms. The van der Waals surface area contributed by atoms with Crippen LogP contribution in [0.1, 0.15) is 18.1 Å². The highest BCUT2D eigenvalue weighted by Crippen LogP contribution is 2.28. The molecule has 0 spiro atoms. The zero-order chi connectivity index (χ0) is 18.2. The first-order valence-corrected chi connectivity index (χ1v) is 9.00. The van der Waals surface area contributed by atoms with Crippen LogP contribution >= 0.6 is 0 Å². The second-order valence-corrected chi connectivity index (χ2v) is 6.60. The molecule has 1 N–H and O–H groups in total. The molecule has 0 radical (unpaired) electrons. The summed E-state index contributed by atoms with van der Waals surface area (Å²) in [6.45, 7) is 3.55. The molecule has 138 valence electrons. The molecular weight excluding hydrogens is 328 g/mol. The van der Waals surface area contributed by atoms with Crippen LogP contribution in [0.2, 0.25) is 0 Å². The van der Waals surface area contributed by atoms with Crippen LogP contribution in [0, 0.1) is 5.92 Å². The minimum atomic E-state index is -0.181. The standard InChI is InChI=1S/C22H26O4/c1-17-21(16-24-13-18-8-4-2-5-9-18)25-15-20(12-23)22(17)26-14-19-10-6-3-7-11-19/h2-11,15,17,21-23H,12-14,16H2,1H3/t17-,21+,22-/m0/s1. The van der Waals surface area contributed by atoms with Gasteiger partial charge in [-0.1, -0.05) is 67.6 Å². The van der Waals surface area contributed by atoms with Crippen molar-refractivity contribution in [2.45, 2.75) is 32.3 Å². The molecule has 0 saturated heterocycles. The lowest BCUT2D eigenvalue weighted by atomic mass is 9.91. The van der Waals surface area contributed by atoms with E-state index in [0.717, 1.165) is 16.7 Å². The molecule has 4 nitrogen and oxygen atoms in total. The Morgan fingerprint density at radius 1 is 0.923 bits per heavy atom. The van der Waals surface area contributed by atoms with Crippen molar-refractivity contribution in [2.24, 2.45) is 5.92 Å². The quantitative estimate of drug-likeness (QED) is 0.785. The van der Waals surface area contributed by atoms with Crippen molar-refractivity contribution >= 4 is 0 Å². The molecule has 1 heterocycles. The van der Waals surface area contributed by atoms with Crippen molar-refractivity contribution in [1.29, 1.82) is 0 Å². The Balaban J connectivity index is 1.56. The molecule has 1 aliphatic heterocycles. The number of benzene rings is 2. The summed E-state index contributed by atoms with van der Waals surface area (Å²) < 4.78 is 17.7. The monoisotopic (exact) mass is 354 g/mol. The fourth-order valence-corrected chi connectivity index (χ4v) is 3.10. The number of hydrogen-bond donors (Lipinski definition) is 1. The van der Waals surface area contributed by atoms with Crippen molar-refractivity contribution in [3.05, 3.63) is 83.6 Å². The predicted molar refractivity (Wildman–Crippen MR) is 100 cm³/mol. The van der Waals surface area contributed by atoms with Gasteiger partial charge in [0.1, 0.15) is 6.10 Å². The summed E-state index contributed by atoms with van der Waals surface area (Å²) in [5, 5.41) is 9.63. The average Bonchev–Trinajstić information content (AvgIpc) is 2.69. The van der Waals surface area contributed by atoms with Crippen LogP contribution in [0.4, 0.5) is 0 Å². The van der Waals surface area contributed by atoms with Gasteiger partial charge < -0.3 is 19.3 Å². The Morgan fingerprint density at radius 3 is 2.15 bits per heavy atom. The number of aliphatic hydroxyl groups excluding tert-OH is 1. The molecule has 2 aromatic carbocycles. The number of hydrogen-bond acceptors (Lipinski definition) is 4. The highest BCUT2D eigenvalue weighted by atomic mass is 16.5. The molecule has 4 heteroatoms. The molecule has 0 saturated carbocycles. The largest absolute Gasteiger partial charge is 0.495 e. The van der Waals surface area contributed by atoms with Crippen molar-refractivity contribution in [3.63, 3.8) is 0 Å². The smallest absolute Gasteiger partial charge is 0.126 e. The van der Waals surface area contributed by atoms with Crippen LogP contribution < -0.4 is 0 Å². The van der Waals surface area contributed by atoms with Crippen molar-refractivity contribution in [1.82, 2.24) is 0 Å². The summed E-state index contributed by atoms with van der Waals surface area (Å²) in [6.07, 6.45) is 1.35. The van der Waals surface area contributed by atoms with E-state index in [-0.39, 0.29) is 24.7 Å². The SMILES string of the molecule is C[C@@H]1[C@H](OCc2ccccc2)C(CO)=CO[C@@H]1COCc1ccccc1. The Kier molecular flexibility index (Phi) is 6.83. The third kappa shape index (κ3) is 4.94. The fraction of sp³-hybridized carbons (Fsp3) is 0.364. The highest BCUT2D eigenvalue weighted by molar-refractivity contribution is 5.16. The minimum Gasteiger partial charge on any atom is -0.495 e. The van der Waals surface area contributed by atoms with Gasteiger partial charge in [0.25, 0.3) is 0 Å². The van der Waals surface area contributed by atoms with E-state index in [0.29, 0.717) is 19.8 Å². The number of aliphatic hydroxyl groups is 1. The van der Waals surface area contributed by atoms with E-state index in [1.54, 1.807) is 6.26 Å². The first-order valence-electron chi connectivity index (χ1n) is 9.00. The summed E-state index contributed by atoms with van der Waals surface area (Å²) >= 11 is 0. The van der Waals surface area contributed by atoms with Gasteiger partial charge in [0.15, 0.2) is 0 Å². The summed E-state index contributed by atoms with van der Waals surface area (Å²) in [6, 6.07) is 20.1. The van der Waals surface area contributed by atoms with Crippen LogP contribution in [0.3, 0.4) is 0 Å². The van der Waals surface area contributed by atoms with Crippen LogP contribution in [-0.2, 0) is 27.4 Å². The van der Waals surface area contributed by atoms with E-state index < -0.39 is 0 Å². The van der Waals surface area contributed by atoms with E-state index >= 15 is 0 Å². The topological polar surface area (TPSA) is 47.9 Å². The molecule has 1 aliphatic rings. The third-order valence-corrected chi connectivity index (χ3v) is 4.67. The molecule has 0 fully saturated rings. The molecule has 3 atom stereocenters. The van der Waals surface area contributed by atoms with Crippen LogP contribution in [0.25, 0.3) is 0 Å². The van der Waals surface area contributed by atoms with Crippen LogP contribution in [0.15, 0.2) is 72.5 Å². The van der Waals surface area contributed by atoms with Gasteiger partial charge in [0, 0.05) is 11.5 Å². The lowest BCUT2D eigenvalue weighted by Crippen LogP contribution is -2.41. The summed E-state index contributed by atoms with van der Waals surface area (Å²) in [4.78, 5) is 0. The van der Waals surface area contributed by atoms with Gasteiger partial charge in [-0.3, -0.25) is 0 Å². The molecule has 0 unspecified atom stereocenters. The second kappa shape index (κ2) is 9.53. The maximum absolute atomic E-state index is 9.63. The Morgan fingerprint density at radius 2 is 1.54 bits per heavy atom. The van der Waals surface area contributed by atoms with Gasteiger partial charge in [0.05, 0.1) is 38.8 Å². The normalized spacial score (nSPS) is 22.5. The van der Waals surface area contributed by atoms with Crippen LogP contribution in [-0.4, -0.2) is 30.5 Å². The van der Waals surface area contributed by atoms with E-state index in [4.69, 9.17) is 14.2 Å². The van der Waals surface area contributed by atoms with Gasteiger partial charge >= 0.3 is 0 Å². The van der Waals surface area contributed by atoms with Crippen molar-refractivity contribution in [2.75, 3.05) is 13.2 Å². The minimum absolute atomic E-state index is 0.0681. The van der Waals surface area contributed by atoms with E-state index in [1.807, 2.05) is 60.7 Å². The first-order chi connectivity index (χ1) is 12.8. The van der Waals surface area contributed by atoms with E-state index in [1.165, 1.54) is 0 Å². The zero-order valence-electron chi connectivity index (χ0n) is 15.1. The lowest BCUT2D eigenvalue weighted by Gasteiger charge is -2.35. The summed E-state index contributed by atoms with van der Waals surface area (Å²) in [5.41, 5.74) is 3.02. The van der Waals surface area contributed by atoms with Crippen molar-refractivity contribution < 1.29 is 19.3 Å². The molecule has 3 rings (SSSR count). The molecule has 0 amide bonds. The highest BCUT2D eigenvalue weighted by Gasteiger charge is 2.34. The predicted octanol–water partition coefficient (Wildman–Crippen LogP) is 3.70. The fourth-order valence-electron chi connectivity index (χ4n) is 3.10. The summed E-state index contributed by atoms with van der Waals surface area (Å²) in [5.74, 6) is 0.0848. The average molecular weight is 354 g/mol. The Hall–Kier alpha value is -2.14. The molecular formula is C22H26O4. The Labute approximate surface area is 155 Å². The maximum Gasteiger partial charge on any atom is 0.126 e. The van der Waals surface area contributed by atoms with Crippen molar-refractivity contribution in [3.8, 4) is 0 Å². The summed E-state index contributed by atoms with van der Waals surface area (Å²) in [7, 11) is 0. The second-order valence-electron chi connectivity index (χ2n) is 6.60. The van der Waals surface area contributed by atoms with Gasteiger partial charge in [-0.05, 0) is 11.1 Å². The molecule has 2 aromatic rings. The molecule has 0 aliphatic carbocycles. The molecule has 0 aromatic heterocycles. The number of ether oxygens (including phenoxy) is 3. The van der Waals surface area contributed by atoms with Gasteiger partial charge in [-0.25, -0.2) is 0 Å². The van der Waals surface area contributed by atoms with Gasteiger partial charge in [-0.15, -0.1) is 0 Å². The first kappa shape index (κ1) is 18.6. The Bertz CT molecular complexity index is 684. The lowest BCUT2D eigenvalue weighted by molar-refractivity contribution is -0.0786. The van der Waals surface area contributed by atoms with Crippen LogP contribution in [0.5, 0.6) is 0 Å². The third-order valence-electron chi connectivity index (χ3n) is 4.67. The molecule has 26 heavy (non-hydrogen) atoms.